The summed E-state index contributed by atoms with van der Waals surface area (Å²) in [5.74, 6) is 0.575. The summed E-state index contributed by atoms with van der Waals surface area (Å²) in [4.78, 5) is 12.0. The Kier molecular flexibility index (Phi) is 4.82. The average molecular weight is 226 g/mol. The van der Waals surface area contributed by atoms with Crippen LogP contribution in [-0.2, 0) is 9.53 Å². The highest BCUT2D eigenvalue weighted by Gasteiger charge is 2.33. The molecule has 1 aliphatic rings. The topological polar surface area (TPSA) is 26.3 Å². The molecule has 2 atom stereocenters. The van der Waals surface area contributed by atoms with Gasteiger partial charge in [0.1, 0.15) is 6.10 Å². The standard InChI is InChI=1S/C14H26O2/c1-5-11-9-7-8-10-12(11)16-13(15)14(3,4)6-2/h11-12H,5-10H2,1-4H3. The van der Waals surface area contributed by atoms with Gasteiger partial charge in [-0.2, -0.15) is 0 Å². The van der Waals surface area contributed by atoms with Crippen LogP contribution in [0.25, 0.3) is 0 Å². The van der Waals surface area contributed by atoms with Crippen molar-refractivity contribution >= 4 is 5.97 Å². The summed E-state index contributed by atoms with van der Waals surface area (Å²) in [5.41, 5.74) is -0.324. The Morgan fingerprint density at radius 1 is 1.25 bits per heavy atom. The molecule has 2 heteroatoms. The van der Waals surface area contributed by atoms with Crippen LogP contribution in [0.4, 0.5) is 0 Å². The summed E-state index contributed by atoms with van der Waals surface area (Å²) in [7, 11) is 0. The summed E-state index contributed by atoms with van der Waals surface area (Å²) in [6, 6.07) is 0. The summed E-state index contributed by atoms with van der Waals surface area (Å²) in [5, 5.41) is 0. The second-order valence-corrected chi connectivity index (χ2v) is 5.63. The van der Waals surface area contributed by atoms with E-state index < -0.39 is 0 Å². The lowest BCUT2D eigenvalue weighted by Gasteiger charge is -2.33. The van der Waals surface area contributed by atoms with Crippen LogP contribution in [0.2, 0.25) is 0 Å². The van der Waals surface area contributed by atoms with Crippen LogP contribution in [0, 0.1) is 11.3 Å². The minimum Gasteiger partial charge on any atom is -0.462 e. The normalized spacial score (nSPS) is 26.5. The molecule has 1 rings (SSSR count). The van der Waals surface area contributed by atoms with Crippen molar-refractivity contribution < 1.29 is 9.53 Å². The molecule has 0 saturated heterocycles. The molecule has 0 radical (unpaired) electrons. The third kappa shape index (κ3) is 3.23. The molecule has 0 aromatic heterocycles. The van der Waals surface area contributed by atoms with Crippen LogP contribution < -0.4 is 0 Å². The van der Waals surface area contributed by atoms with Crippen molar-refractivity contribution in [2.45, 2.75) is 72.3 Å². The molecule has 1 fully saturated rings. The third-order valence-corrected chi connectivity index (χ3v) is 4.06. The van der Waals surface area contributed by atoms with Crippen molar-refractivity contribution in [3.63, 3.8) is 0 Å². The van der Waals surface area contributed by atoms with Crippen molar-refractivity contribution in [3.05, 3.63) is 0 Å². The van der Waals surface area contributed by atoms with Crippen molar-refractivity contribution in [2.75, 3.05) is 0 Å². The van der Waals surface area contributed by atoms with Crippen molar-refractivity contribution in [3.8, 4) is 0 Å². The van der Waals surface area contributed by atoms with E-state index in [2.05, 4.69) is 6.92 Å². The van der Waals surface area contributed by atoms with Gasteiger partial charge in [0.25, 0.3) is 0 Å². The molecule has 0 amide bonds. The maximum atomic E-state index is 12.0. The molecule has 1 aliphatic carbocycles. The van der Waals surface area contributed by atoms with E-state index in [1.807, 2.05) is 20.8 Å². The summed E-state index contributed by atoms with van der Waals surface area (Å²) >= 11 is 0. The smallest absolute Gasteiger partial charge is 0.311 e. The first-order valence-electron chi connectivity index (χ1n) is 6.72. The van der Waals surface area contributed by atoms with Gasteiger partial charge < -0.3 is 4.74 Å². The number of carbonyl (C=O) groups is 1. The maximum absolute atomic E-state index is 12.0. The van der Waals surface area contributed by atoms with E-state index in [1.54, 1.807) is 0 Å². The Morgan fingerprint density at radius 3 is 2.44 bits per heavy atom. The first-order valence-corrected chi connectivity index (χ1v) is 6.72. The van der Waals surface area contributed by atoms with Gasteiger partial charge in [-0.15, -0.1) is 0 Å². The van der Waals surface area contributed by atoms with Crippen LogP contribution >= 0.6 is 0 Å². The van der Waals surface area contributed by atoms with Gasteiger partial charge in [-0.05, 0) is 51.9 Å². The van der Waals surface area contributed by atoms with Gasteiger partial charge >= 0.3 is 5.97 Å². The maximum Gasteiger partial charge on any atom is 0.311 e. The van der Waals surface area contributed by atoms with Gasteiger partial charge in [0.05, 0.1) is 5.41 Å². The molecule has 2 nitrogen and oxygen atoms in total. The van der Waals surface area contributed by atoms with Crippen LogP contribution in [0.5, 0.6) is 0 Å². The lowest BCUT2D eigenvalue weighted by molar-refractivity contribution is -0.164. The van der Waals surface area contributed by atoms with E-state index in [0.717, 1.165) is 19.3 Å². The number of hydrogen-bond donors (Lipinski definition) is 0. The Morgan fingerprint density at radius 2 is 1.88 bits per heavy atom. The van der Waals surface area contributed by atoms with Crippen molar-refractivity contribution in [1.29, 1.82) is 0 Å². The largest absolute Gasteiger partial charge is 0.462 e. The molecule has 0 aromatic carbocycles. The minimum absolute atomic E-state index is 0.0136. The highest BCUT2D eigenvalue weighted by Crippen LogP contribution is 2.31. The molecular weight excluding hydrogens is 200 g/mol. The third-order valence-electron chi connectivity index (χ3n) is 4.06. The number of carbonyl (C=O) groups excluding carboxylic acids is 1. The van der Waals surface area contributed by atoms with E-state index in [4.69, 9.17) is 4.74 Å². The Labute approximate surface area is 99.8 Å². The zero-order chi connectivity index (χ0) is 12.2. The van der Waals surface area contributed by atoms with Gasteiger partial charge in [-0.1, -0.05) is 20.3 Å². The predicted octanol–water partition coefficient (Wildman–Crippen LogP) is 3.93. The molecule has 0 bridgehead atoms. The number of esters is 1. The van der Waals surface area contributed by atoms with Crippen LogP contribution in [0.1, 0.15) is 66.2 Å². The van der Waals surface area contributed by atoms with Gasteiger partial charge in [-0.25, -0.2) is 0 Å². The molecule has 0 N–H and O–H groups in total. The zero-order valence-electron chi connectivity index (χ0n) is 11.2. The Hall–Kier alpha value is -0.530. The van der Waals surface area contributed by atoms with E-state index in [0.29, 0.717) is 5.92 Å². The molecule has 0 aliphatic heterocycles. The number of ether oxygens (including phenoxy) is 1. The van der Waals surface area contributed by atoms with E-state index in [1.165, 1.54) is 19.3 Å². The first kappa shape index (κ1) is 13.5. The van der Waals surface area contributed by atoms with E-state index >= 15 is 0 Å². The van der Waals surface area contributed by atoms with Gasteiger partial charge in [0.15, 0.2) is 0 Å². The van der Waals surface area contributed by atoms with Gasteiger partial charge in [0.2, 0.25) is 0 Å². The molecule has 2 unspecified atom stereocenters. The fraction of sp³-hybridized carbons (Fsp3) is 0.929. The van der Waals surface area contributed by atoms with Crippen LogP contribution in [0.3, 0.4) is 0 Å². The molecular formula is C14H26O2. The molecule has 0 aromatic rings. The van der Waals surface area contributed by atoms with Crippen LogP contribution in [0.15, 0.2) is 0 Å². The molecule has 16 heavy (non-hydrogen) atoms. The summed E-state index contributed by atoms with van der Waals surface area (Å²) in [6.45, 7) is 8.18. The number of rotatable bonds is 4. The van der Waals surface area contributed by atoms with Gasteiger partial charge in [-0.3, -0.25) is 4.79 Å². The highest BCUT2D eigenvalue weighted by atomic mass is 16.5. The molecule has 94 valence electrons. The molecule has 1 saturated carbocycles. The van der Waals surface area contributed by atoms with Crippen LogP contribution in [-0.4, -0.2) is 12.1 Å². The summed E-state index contributed by atoms with van der Waals surface area (Å²) < 4.78 is 5.71. The Balaban J connectivity index is 2.54. The fourth-order valence-electron chi connectivity index (χ4n) is 2.24. The van der Waals surface area contributed by atoms with Gasteiger partial charge in [0, 0.05) is 0 Å². The fourth-order valence-corrected chi connectivity index (χ4v) is 2.24. The number of hydrogen-bond acceptors (Lipinski definition) is 2. The quantitative estimate of drug-likeness (QED) is 0.679. The zero-order valence-corrected chi connectivity index (χ0v) is 11.2. The van der Waals surface area contributed by atoms with Crippen molar-refractivity contribution in [1.82, 2.24) is 0 Å². The predicted molar refractivity (Wildman–Crippen MR) is 66.2 cm³/mol. The highest BCUT2D eigenvalue weighted by molar-refractivity contribution is 5.76. The second kappa shape index (κ2) is 5.70. The van der Waals surface area contributed by atoms with E-state index in [9.17, 15) is 4.79 Å². The lowest BCUT2D eigenvalue weighted by atomic mass is 9.84. The molecule has 0 spiro atoms. The second-order valence-electron chi connectivity index (χ2n) is 5.63. The summed E-state index contributed by atoms with van der Waals surface area (Å²) in [6.07, 6.45) is 6.94. The average Bonchev–Trinajstić information content (AvgIpc) is 2.29. The van der Waals surface area contributed by atoms with E-state index in [-0.39, 0.29) is 17.5 Å². The Bertz CT molecular complexity index is 233. The van der Waals surface area contributed by atoms with Crippen molar-refractivity contribution in [2.24, 2.45) is 11.3 Å². The lowest BCUT2D eigenvalue weighted by Crippen LogP contribution is -2.35. The minimum atomic E-state index is -0.324. The first-order chi connectivity index (χ1) is 7.51. The SMILES string of the molecule is CCC1CCCCC1OC(=O)C(C)(C)CC. The molecule has 0 heterocycles. The monoisotopic (exact) mass is 226 g/mol.